The lowest BCUT2D eigenvalue weighted by Crippen LogP contribution is -2.62. The van der Waals surface area contributed by atoms with Crippen molar-refractivity contribution in [2.75, 3.05) is 6.61 Å². The number of carbonyl (C=O) groups is 1. The molecule has 1 fully saturated rings. The molecule has 3 nitrogen and oxygen atoms in total. The van der Waals surface area contributed by atoms with Crippen molar-refractivity contribution < 1.29 is 14.3 Å². The third-order valence-electron chi connectivity index (χ3n) is 5.02. The summed E-state index contributed by atoms with van der Waals surface area (Å²) in [6.07, 6.45) is 0. The van der Waals surface area contributed by atoms with E-state index in [0.717, 1.165) is 0 Å². The fourth-order valence-corrected chi connectivity index (χ4v) is 5.97. The van der Waals surface area contributed by atoms with Gasteiger partial charge in [0.05, 0.1) is 8.07 Å². The van der Waals surface area contributed by atoms with Crippen molar-refractivity contribution in [3.8, 4) is 0 Å². The summed E-state index contributed by atoms with van der Waals surface area (Å²) in [7, 11) is -1.90. The van der Waals surface area contributed by atoms with Gasteiger partial charge in [-0.15, -0.1) is 0 Å². The van der Waals surface area contributed by atoms with E-state index in [9.17, 15) is 4.79 Å². The van der Waals surface area contributed by atoms with E-state index < -0.39 is 13.9 Å². The van der Waals surface area contributed by atoms with Gasteiger partial charge in [-0.2, -0.15) is 0 Å². The van der Waals surface area contributed by atoms with Crippen LogP contribution in [-0.4, -0.2) is 32.0 Å². The molecule has 0 aromatic rings. The molecule has 106 valence electrons. The van der Waals surface area contributed by atoms with Crippen molar-refractivity contribution in [3.63, 3.8) is 0 Å². The van der Waals surface area contributed by atoms with E-state index in [1.165, 1.54) is 0 Å². The lowest BCUT2D eigenvalue weighted by molar-refractivity contribution is -0.246. The number of carbonyl (C=O) groups excluding carboxylic acids is 1. The number of ketones is 1. The smallest absolute Gasteiger partial charge is 0.183 e. The van der Waals surface area contributed by atoms with Gasteiger partial charge in [-0.25, -0.2) is 0 Å². The Hall–Kier alpha value is -0.193. The second-order valence-corrected chi connectivity index (χ2v) is 12.5. The monoisotopic (exact) mass is 272 g/mol. The van der Waals surface area contributed by atoms with E-state index in [2.05, 4.69) is 40.8 Å². The van der Waals surface area contributed by atoms with Gasteiger partial charge < -0.3 is 9.47 Å². The molecule has 1 aliphatic rings. The van der Waals surface area contributed by atoms with E-state index in [4.69, 9.17) is 9.47 Å². The molecule has 0 radical (unpaired) electrons. The summed E-state index contributed by atoms with van der Waals surface area (Å²) in [4.78, 5) is 12.2. The van der Waals surface area contributed by atoms with Crippen LogP contribution in [0, 0.1) is 5.92 Å². The molecule has 4 heteroatoms. The predicted molar refractivity (Wildman–Crippen MR) is 76.3 cm³/mol. The fraction of sp³-hybridized carbons (Fsp3) is 0.929. The fourth-order valence-electron chi connectivity index (χ4n) is 2.34. The molecule has 0 saturated carbocycles. The van der Waals surface area contributed by atoms with Crippen LogP contribution in [0.2, 0.25) is 18.1 Å². The van der Waals surface area contributed by atoms with Crippen molar-refractivity contribution in [3.05, 3.63) is 0 Å². The number of hydrogen-bond acceptors (Lipinski definition) is 3. The Morgan fingerprint density at radius 3 is 2.28 bits per heavy atom. The summed E-state index contributed by atoms with van der Waals surface area (Å²) < 4.78 is 11.4. The molecule has 0 aromatic heterocycles. The summed E-state index contributed by atoms with van der Waals surface area (Å²) >= 11 is 0. The summed E-state index contributed by atoms with van der Waals surface area (Å²) in [6, 6.07) is 0. The van der Waals surface area contributed by atoms with Crippen molar-refractivity contribution in [1.29, 1.82) is 0 Å². The van der Waals surface area contributed by atoms with E-state index in [1.54, 1.807) is 0 Å². The van der Waals surface area contributed by atoms with Gasteiger partial charge in [0, 0.05) is 0 Å². The maximum atomic E-state index is 12.2. The zero-order valence-corrected chi connectivity index (χ0v) is 14.1. The van der Waals surface area contributed by atoms with E-state index >= 15 is 0 Å². The molecule has 0 N–H and O–H groups in total. The quantitative estimate of drug-likeness (QED) is 0.739. The third kappa shape index (κ3) is 2.70. The molecule has 1 heterocycles. The van der Waals surface area contributed by atoms with Crippen molar-refractivity contribution in [2.24, 2.45) is 5.92 Å². The second kappa shape index (κ2) is 4.73. The first-order valence-electron chi connectivity index (χ1n) is 6.76. The molecule has 0 amide bonds. The van der Waals surface area contributed by atoms with E-state index in [1.807, 2.05) is 13.8 Å². The minimum Gasteiger partial charge on any atom is -0.343 e. The maximum absolute atomic E-state index is 12.2. The first kappa shape index (κ1) is 15.9. The predicted octanol–water partition coefficient (Wildman–Crippen LogP) is 3.39. The van der Waals surface area contributed by atoms with Crippen LogP contribution in [0.4, 0.5) is 0 Å². The molecule has 1 saturated heterocycles. The SMILES string of the molecule is CC(C)C(C)(C)[Si](C)(C)[C@H]1OC(C)(C)OCC1=O. The van der Waals surface area contributed by atoms with Crippen LogP contribution in [0.25, 0.3) is 0 Å². The highest BCUT2D eigenvalue weighted by atomic mass is 28.3. The summed E-state index contributed by atoms with van der Waals surface area (Å²) in [5.41, 5.74) is -0.265. The first-order chi connectivity index (χ1) is 7.92. The van der Waals surface area contributed by atoms with Gasteiger partial charge in [0.2, 0.25) is 0 Å². The standard InChI is InChI=1S/C14H28O3Si/c1-10(2)13(3,4)18(7,8)12-11(15)9-16-14(5,6)17-12/h10,12H,9H2,1-8H3/t12-/m1/s1. The number of ether oxygens (including phenoxy) is 2. The van der Waals surface area contributed by atoms with Crippen LogP contribution >= 0.6 is 0 Å². The summed E-state index contributed by atoms with van der Waals surface area (Å²) in [6.45, 7) is 17.5. The molecule has 1 rings (SSSR count). The Balaban J connectivity index is 3.06. The Bertz CT molecular complexity index is 332. The van der Waals surface area contributed by atoms with Gasteiger partial charge in [-0.05, 0) is 24.8 Å². The van der Waals surface area contributed by atoms with Crippen LogP contribution in [0.3, 0.4) is 0 Å². The molecule has 0 spiro atoms. The average Bonchev–Trinajstić information content (AvgIpc) is 2.21. The van der Waals surface area contributed by atoms with Crippen LogP contribution in [0.5, 0.6) is 0 Å². The topological polar surface area (TPSA) is 35.5 Å². The highest BCUT2D eigenvalue weighted by Gasteiger charge is 2.53. The molecular formula is C14H28O3Si. The molecule has 0 unspecified atom stereocenters. The Kier molecular flexibility index (Phi) is 4.17. The van der Waals surface area contributed by atoms with Gasteiger partial charge in [0.15, 0.2) is 11.6 Å². The molecule has 0 aromatic carbocycles. The van der Waals surface area contributed by atoms with Gasteiger partial charge in [0.1, 0.15) is 12.3 Å². The maximum Gasteiger partial charge on any atom is 0.183 e. The number of hydrogen-bond donors (Lipinski definition) is 0. The van der Waals surface area contributed by atoms with E-state index in [-0.39, 0.29) is 23.2 Å². The van der Waals surface area contributed by atoms with Crippen molar-refractivity contribution >= 4 is 13.9 Å². The van der Waals surface area contributed by atoms with Gasteiger partial charge in [0.25, 0.3) is 0 Å². The zero-order valence-electron chi connectivity index (χ0n) is 13.1. The molecule has 0 bridgehead atoms. The Morgan fingerprint density at radius 2 is 1.83 bits per heavy atom. The highest BCUT2D eigenvalue weighted by Crippen LogP contribution is 2.47. The van der Waals surface area contributed by atoms with Gasteiger partial charge in [-0.3, -0.25) is 4.79 Å². The van der Waals surface area contributed by atoms with Crippen LogP contribution in [0.1, 0.15) is 41.5 Å². The van der Waals surface area contributed by atoms with Crippen LogP contribution in [0.15, 0.2) is 0 Å². The highest BCUT2D eigenvalue weighted by molar-refractivity contribution is 6.84. The number of rotatable bonds is 3. The van der Waals surface area contributed by atoms with Crippen LogP contribution in [-0.2, 0) is 14.3 Å². The Labute approximate surface area is 112 Å². The molecule has 1 atom stereocenters. The van der Waals surface area contributed by atoms with Gasteiger partial charge >= 0.3 is 0 Å². The summed E-state index contributed by atoms with van der Waals surface area (Å²) in [5, 5.41) is 0.140. The number of Topliss-reactive ketones (excluding diaryl/α,β-unsaturated/α-hetero) is 1. The molecule has 1 aliphatic heterocycles. The van der Waals surface area contributed by atoms with E-state index in [0.29, 0.717) is 5.92 Å². The Morgan fingerprint density at radius 1 is 1.33 bits per heavy atom. The lowest BCUT2D eigenvalue weighted by atomic mass is 9.99. The van der Waals surface area contributed by atoms with Crippen molar-refractivity contribution in [1.82, 2.24) is 0 Å². The van der Waals surface area contributed by atoms with Crippen molar-refractivity contribution in [2.45, 2.75) is 71.2 Å². The zero-order chi connectivity index (χ0) is 14.4. The molecule has 18 heavy (non-hydrogen) atoms. The second-order valence-electron chi connectivity index (χ2n) is 7.25. The summed E-state index contributed by atoms with van der Waals surface area (Å²) in [5.74, 6) is -0.00291. The normalized spacial score (nSPS) is 25.6. The van der Waals surface area contributed by atoms with Crippen LogP contribution < -0.4 is 0 Å². The average molecular weight is 272 g/mol. The molecular weight excluding hydrogens is 244 g/mol. The minimum absolute atomic E-state index is 0.111. The third-order valence-corrected chi connectivity index (χ3v) is 10.7. The lowest BCUT2D eigenvalue weighted by Gasteiger charge is -2.50. The van der Waals surface area contributed by atoms with Gasteiger partial charge in [-0.1, -0.05) is 40.8 Å². The molecule has 0 aliphatic carbocycles. The minimum atomic E-state index is -1.90. The largest absolute Gasteiger partial charge is 0.343 e. The first-order valence-corrected chi connectivity index (χ1v) is 9.84.